The first-order chi connectivity index (χ1) is 13.9. The molecule has 7 nitrogen and oxygen atoms in total. The highest BCUT2D eigenvalue weighted by Gasteiger charge is 2.56. The summed E-state index contributed by atoms with van der Waals surface area (Å²) < 4.78 is 12.9. The summed E-state index contributed by atoms with van der Waals surface area (Å²) in [6, 6.07) is 11.8. The van der Waals surface area contributed by atoms with Crippen molar-refractivity contribution >= 4 is 13.3 Å². The number of nitrogens with two attached hydrogens (primary N) is 1. The molecule has 0 bridgehead atoms. The molecule has 1 aliphatic rings. The molecule has 4 N–H and O–H groups in total. The van der Waals surface area contributed by atoms with E-state index in [1.54, 1.807) is 12.4 Å². The van der Waals surface area contributed by atoms with Crippen molar-refractivity contribution in [1.82, 2.24) is 9.88 Å². The minimum Gasteiger partial charge on any atom is -0.480 e. The number of pyridine rings is 1. The normalized spacial score (nSPS) is 25.0. The molecule has 8 heteroatoms. The van der Waals surface area contributed by atoms with Gasteiger partial charge >= 0.3 is 5.97 Å². The van der Waals surface area contributed by atoms with E-state index < -0.39 is 18.5 Å². The Kier molecular flexibility index (Phi) is 6.85. The number of rotatable bonds is 8. The van der Waals surface area contributed by atoms with E-state index in [1.807, 2.05) is 41.3 Å². The number of carboxylic acid groups (broad SMARTS) is 1. The summed E-state index contributed by atoms with van der Waals surface area (Å²) in [6.45, 7) is 1.40. The number of hydrogen-bond donors (Lipinski definition) is 3. The van der Waals surface area contributed by atoms with Crippen LogP contribution in [0.3, 0.4) is 0 Å². The molecule has 0 spiro atoms. The standard InChI is InChI=1S/C21H28N3O4P/c22-10-4-3-9-21(20(25)26)16-24(12-13-29(21,27)28)15-18-6-1-2-8-19(18)17-7-5-11-23-14-17/h1-2,5-8,11,14H,3-4,9-10,12-13,15-16,22H2,(H,25,26)(H,27,28). The van der Waals surface area contributed by atoms with E-state index in [1.165, 1.54) is 0 Å². The van der Waals surface area contributed by atoms with Crippen LogP contribution in [0.5, 0.6) is 0 Å². The third-order valence-electron chi connectivity index (χ3n) is 5.70. The van der Waals surface area contributed by atoms with Gasteiger partial charge in [0.15, 0.2) is 5.16 Å². The van der Waals surface area contributed by atoms with Gasteiger partial charge in [0.2, 0.25) is 7.37 Å². The fourth-order valence-electron chi connectivity index (χ4n) is 4.03. The number of nitrogens with zero attached hydrogens (tertiary/aromatic N) is 2. The van der Waals surface area contributed by atoms with E-state index in [0.29, 0.717) is 32.5 Å². The lowest BCUT2D eigenvalue weighted by atomic mass is 9.97. The molecule has 1 aromatic carbocycles. The summed E-state index contributed by atoms with van der Waals surface area (Å²) >= 11 is 0. The second-order valence-electron chi connectivity index (χ2n) is 7.62. The van der Waals surface area contributed by atoms with Gasteiger partial charge < -0.3 is 15.7 Å². The number of aliphatic carboxylic acids is 1. The summed E-state index contributed by atoms with van der Waals surface area (Å²) in [4.78, 5) is 28.9. The molecule has 156 valence electrons. The van der Waals surface area contributed by atoms with Crippen molar-refractivity contribution in [3.63, 3.8) is 0 Å². The second-order valence-corrected chi connectivity index (χ2v) is 10.3. The van der Waals surface area contributed by atoms with Gasteiger partial charge in [-0.15, -0.1) is 0 Å². The van der Waals surface area contributed by atoms with E-state index in [9.17, 15) is 19.4 Å². The molecule has 2 aromatic rings. The van der Waals surface area contributed by atoms with E-state index >= 15 is 0 Å². The smallest absolute Gasteiger partial charge is 0.320 e. The molecule has 1 aliphatic heterocycles. The van der Waals surface area contributed by atoms with Gasteiger partial charge in [-0.1, -0.05) is 36.8 Å². The molecule has 0 saturated carbocycles. The summed E-state index contributed by atoms with van der Waals surface area (Å²) in [5.41, 5.74) is 8.59. The maximum atomic E-state index is 12.9. The largest absolute Gasteiger partial charge is 0.480 e. The SMILES string of the molecule is NCCCCC1(C(=O)O)CN(Cc2ccccc2-c2cccnc2)CCP1(=O)O. The first kappa shape index (κ1) is 21.7. The fraction of sp³-hybridized carbons (Fsp3) is 0.429. The summed E-state index contributed by atoms with van der Waals surface area (Å²) in [6.07, 6.45) is 4.82. The van der Waals surface area contributed by atoms with Crippen LogP contribution in [-0.2, 0) is 15.9 Å². The van der Waals surface area contributed by atoms with Crippen LogP contribution >= 0.6 is 7.37 Å². The Balaban J connectivity index is 1.86. The van der Waals surface area contributed by atoms with Crippen molar-refractivity contribution in [3.05, 3.63) is 54.4 Å². The van der Waals surface area contributed by atoms with Crippen LogP contribution in [0.2, 0.25) is 0 Å². The minimum atomic E-state index is -3.83. The average molecular weight is 417 g/mol. The highest BCUT2D eigenvalue weighted by molar-refractivity contribution is 7.61. The predicted octanol–water partition coefficient (Wildman–Crippen LogP) is 2.79. The van der Waals surface area contributed by atoms with Crippen LogP contribution in [0.25, 0.3) is 11.1 Å². The maximum absolute atomic E-state index is 12.9. The third kappa shape index (κ3) is 4.59. The number of aromatic nitrogens is 1. The Bertz CT molecular complexity index is 893. The first-order valence-corrected chi connectivity index (χ1v) is 11.7. The Morgan fingerprint density at radius 1 is 1.24 bits per heavy atom. The molecule has 29 heavy (non-hydrogen) atoms. The van der Waals surface area contributed by atoms with Crippen molar-refractivity contribution in [1.29, 1.82) is 0 Å². The third-order valence-corrected chi connectivity index (χ3v) is 8.40. The van der Waals surface area contributed by atoms with Crippen LogP contribution in [0.4, 0.5) is 0 Å². The number of benzene rings is 1. The Hall–Kier alpha value is -2.05. The Morgan fingerprint density at radius 3 is 2.72 bits per heavy atom. The van der Waals surface area contributed by atoms with Crippen LogP contribution in [0.15, 0.2) is 48.8 Å². The predicted molar refractivity (Wildman–Crippen MR) is 113 cm³/mol. The molecule has 1 aromatic heterocycles. The minimum absolute atomic E-state index is 0.0169. The van der Waals surface area contributed by atoms with Gasteiger partial charge in [0, 0.05) is 43.8 Å². The van der Waals surface area contributed by atoms with Crippen molar-refractivity contribution in [2.24, 2.45) is 5.73 Å². The lowest BCUT2D eigenvalue weighted by Gasteiger charge is -2.43. The maximum Gasteiger partial charge on any atom is 0.320 e. The zero-order chi connectivity index (χ0) is 20.9. The van der Waals surface area contributed by atoms with Gasteiger partial charge in [-0.2, -0.15) is 0 Å². The van der Waals surface area contributed by atoms with Crippen LogP contribution in [0.1, 0.15) is 24.8 Å². The van der Waals surface area contributed by atoms with Gasteiger partial charge in [-0.25, -0.2) is 0 Å². The lowest BCUT2D eigenvalue weighted by molar-refractivity contribution is -0.141. The highest BCUT2D eigenvalue weighted by atomic mass is 31.2. The topological polar surface area (TPSA) is 117 Å². The number of unbranched alkanes of at least 4 members (excludes halogenated alkanes) is 1. The molecule has 3 rings (SSSR count). The van der Waals surface area contributed by atoms with Crippen molar-refractivity contribution in [3.8, 4) is 11.1 Å². The molecule has 1 fully saturated rings. The van der Waals surface area contributed by atoms with E-state index in [2.05, 4.69) is 4.98 Å². The van der Waals surface area contributed by atoms with Gasteiger partial charge in [-0.3, -0.25) is 19.2 Å². The van der Waals surface area contributed by atoms with E-state index in [-0.39, 0.29) is 19.1 Å². The fourth-order valence-corrected chi connectivity index (χ4v) is 6.24. The number of carboxylic acids is 1. The quantitative estimate of drug-likeness (QED) is 0.447. The molecular weight excluding hydrogens is 389 g/mol. The number of carbonyl (C=O) groups is 1. The van der Waals surface area contributed by atoms with Crippen LogP contribution in [0, 0.1) is 0 Å². The molecule has 2 atom stereocenters. The van der Waals surface area contributed by atoms with Gasteiger partial charge in [0.05, 0.1) is 0 Å². The molecule has 0 radical (unpaired) electrons. The average Bonchev–Trinajstić information content (AvgIpc) is 2.71. The molecule has 0 aliphatic carbocycles. The number of hydrogen-bond acceptors (Lipinski definition) is 5. The highest BCUT2D eigenvalue weighted by Crippen LogP contribution is 2.59. The zero-order valence-corrected chi connectivity index (χ0v) is 17.3. The van der Waals surface area contributed by atoms with Crippen molar-refractivity contribution in [2.75, 3.05) is 25.8 Å². The van der Waals surface area contributed by atoms with Gasteiger partial charge in [0.1, 0.15) is 0 Å². The van der Waals surface area contributed by atoms with Crippen molar-refractivity contribution in [2.45, 2.75) is 31.0 Å². The van der Waals surface area contributed by atoms with Crippen molar-refractivity contribution < 1.29 is 19.4 Å². The first-order valence-electron chi connectivity index (χ1n) is 9.86. The van der Waals surface area contributed by atoms with Crippen LogP contribution in [-0.4, -0.2) is 56.8 Å². The Morgan fingerprint density at radius 2 is 2.03 bits per heavy atom. The summed E-state index contributed by atoms with van der Waals surface area (Å²) in [5.74, 6) is -1.19. The molecule has 2 heterocycles. The zero-order valence-electron chi connectivity index (χ0n) is 16.4. The van der Waals surface area contributed by atoms with Gasteiger partial charge in [0.25, 0.3) is 0 Å². The monoisotopic (exact) mass is 417 g/mol. The summed E-state index contributed by atoms with van der Waals surface area (Å²) in [5, 5.41) is 8.31. The molecule has 2 unspecified atom stereocenters. The Labute approximate surface area is 171 Å². The second kappa shape index (κ2) is 9.18. The molecular formula is C21H28N3O4P. The molecule has 1 saturated heterocycles. The van der Waals surface area contributed by atoms with E-state index in [4.69, 9.17) is 5.73 Å². The van der Waals surface area contributed by atoms with E-state index in [0.717, 1.165) is 16.7 Å². The van der Waals surface area contributed by atoms with Gasteiger partial charge in [-0.05, 0) is 36.6 Å². The summed E-state index contributed by atoms with van der Waals surface area (Å²) in [7, 11) is -3.83. The lowest BCUT2D eigenvalue weighted by Crippen LogP contribution is -2.53. The molecule has 0 amide bonds. The van der Waals surface area contributed by atoms with Crippen LogP contribution < -0.4 is 5.73 Å².